The third kappa shape index (κ3) is 2.40. The zero-order chi connectivity index (χ0) is 15.1. The molecule has 2 heterocycles. The van der Waals surface area contributed by atoms with Crippen molar-refractivity contribution in [1.29, 1.82) is 0 Å². The number of benzene rings is 1. The van der Waals surface area contributed by atoms with Crippen molar-refractivity contribution in [2.24, 2.45) is 10.7 Å². The van der Waals surface area contributed by atoms with Gasteiger partial charge in [0.1, 0.15) is 0 Å². The summed E-state index contributed by atoms with van der Waals surface area (Å²) >= 11 is 6.39. The van der Waals surface area contributed by atoms with E-state index in [0.717, 1.165) is 31.6 Å². The van der Waals surface area contributed by atoms with E-state index in [1.54, 1.807) is 0 Å². The number of hydrogen-bond acceptors (Lipinski definition) is 4. The summed E-state index contributed by atoms with van der Waals surface area (Å²) in [6, 6.07) is 7.83. The van der Waals surface area contributed by atoms with Crippen LogP contribution in [0.15, 0.2) is 29.3 Å². The minimum atomic E-state index is -0.127. The van der Waals surface area contributed by atoms with Gasteiger partial charge in [-0.15, -0.1) is 0 Å². The van der Waals surface area contributed by atoms with Gasteiger partial charge in [0, 0.05) is 13.0 Å². The van der Waals surface area contributed by atoms with Crippen molar-refractivity contribution >= 4 is 23.2 Å². The predicted molar refractivity (Wildman–Crippen MR) is 87.0 cm³/mol. The average molecular weight is 308 g/mol. The largest absolute Gasteiger partial charge is 0.375 e. The number of anilines is 1. The summed E-state index contributed by atoms with van der Waals surface area (Å²) in [5.74, 6) is 0.559. The molecule has 0 aromatic heterocycles. The second-order valence-electron chi connectivity index (χ2n) is 6.26. The van der Waals surface area contributed by atoms with Crippen LogP contribution in [0.5, 0.6) is 0 Å². The molecule has 0 bridgehead atoms. The van der Waals surface area contributed by atoms with Gasteiger partial charge in [-0.1, -0.05) is 30.7 Å². The van der Waals surface area contributed by atoms with Gasteiger partial charge in [0.25, 0.3) is 0 Å². The number of aliphatic imine (C=N–C) groups is 1. The second kappa shape index (κ2) is 5.18. The van der Waals surface area contributed by atoms with Gasteiger partial charge in [0.05, 0.1) is 28.4 Å². The van der Waals surface area contributed by atoms with Gasteiger partial charge >= 0.3 is 0 Å². The van der Waals surface area contributed by atoms with Crippen LogP contribution in [0.3, 0.4) is 0 Å². The molecule has 2 unspecified atom stereocenters. The van der Waals surface area contributed by atoms with Crippen LogP contribution in [0.2, 0.25) is 5.02 Å². The van der Waals surface area contributed by atoms with Crippen molar-refractivity contribution < 1.29 is 4.74 Å². The fourth-order valence-corrected chi connectivity index (χ4v) is 3.72. The van der Waals surface area contributed by atoms with Gasteiger partial charge < -0.3 is 15.4 Å². The minimum absolute atomic E-state index is 0.113. The number of guanidine groups is 1. The van der Waals surface area contributed by atoms with E-state index in [1.165, 1.54) is 0 Å². The Bertz CT molecular complexity index is 576. The first kappa shape index (κ1) is 14.7. The van der Waals surface area contributed by atoms with Crippen LogP contribution in [-0.4, -0.2) is 30.3 Å². The molecular weight excluding hydrogens is 286 g/mol. The number of halogens is 1. The molecule has 1 aromatic carbocycles. The van der Waals surface area contributed by atoms with E-state index in [1.807, 2.05) is 24.3 Å². The fourth-order valence-electron chi connectivity index (χ4n) is 3.50. The smallest absolute Gasteiger partial charge is 0.196 e. The first-order valence-electron chi connectivity index (χ1n) is 7.48. The highest BCUT2D eigenvalue weighted by molar-refractivity contribution is 6.34. The molecule has 2 atom stereocenters. The molecule has 4 nitrogen and oxygen atoms in total. The Hall–Kier alpha value is -1.26. The van der Waals surface area contributed by atoms with E-state index in [9.17, 15) is 0 Å². The SMILES string of the molecule is CCC1(C)CC2(CCO1)CN=C(N)N2c1ccccc1Cl. The van der Waals surface area contributed by atoms with E-state index in [2.05, 4.69) is 23.7 Å². The molecule has 2 N–H and O–H groups in total. The van der Waals surface area contributed by atoms with Crippen LogP contribution in [0, 0.1) is 0 Å². The molecule has 114 valence electrons. The Morgan fingerprint density at radius 1 is 1.43 bits per heavy atom. The summed E-state index contributed by atoms with van der Waals surface area (Å²) < 4.78 is 6.00. The van der Waals surface area contributed by atoms with E-state index in [-0.39, 0.29) is 11.1 Å². The lowest BCUT2D eigenvalue weighted by Gasteiger charge is -2.48. The standard InChI is InChI=1S/C16H22ClN3O/c1-3-15(2)10-16(8-9-21-15)11-19-14(18)20(16)13-7-5-4-6-12(13)17/h4-7H,3,8-11H2,1-2H3,(H2,18,19). The molecule has 1 saturated heterocycles. The van der Waals surface area contributed by atoms with Crippen LogP contribution in [0.1, 0.15) is 33.1 Å². The zero-order valence-corrected chi connectivity index (χ0v) is 13.4. The van der Waals surface area contributed by atoms with E-state index in [0.29, 0.717) is 17.5 Å². The topological polar surface area (TPSA) is 50.9 Å². The quantitative estimate of drug-likeness (QED) is 0.913. The average Bonchev–Trinajstić information content (AvgIpc) is 2.76. The second-order valence-corrected chi connectivity index (χ2v) is 6.67. The Morgan fingerprint density at radius 2 is 2.19 bits per heavy atom. The molecule has 0 amide bonds. The molecule has 1 spiro atoms. The van der Waals surface area contributed by atoms with Crippen LogP contribution in [0.25, 0.3) is 0 Å². The Morgan fingerprint density at radius 3 is 2.90 bits per heavy atom. The van der Waals surface area contributed by atoms with Crippen LogP contribution in [-0.2, 0) is 4.74 Å². The summed E-state index contributed by atoms with van der Waals surface area (Å²) in [6.07, 6.45) is 2.80. The molecule has 2 aliphatic heterocycles. The van der Waals surface area contributed by atoms with Gasteiger partial charge in [-0.05, 0) is 31.9 Å². The fraction of sp³-hybridized carbons (Fsp3) is 0.562. The lowest BCUT2D eigenvalue weighted by atomic mass is 9.78. The van der Waals surface area contributed by atoms with Gasteiger partial charge in [0.15, 0.2) is 5.96 Å². The third-order valence-electron chi connectivity index (χ3n) is 4.80. The van der Waals surface area contributed by atoms with Crippen molar-refractivity contribution in [3.05, 3.63) is 29.3 Å². The van der Waals surface area contributed by atoms with Crippen LogP contribution in [0.4, 0.5) is 5.69 Å². The van der Waals surface area contributed by atoms with Crippen molar-refractivity contribution in [2.75, 3.05) is 18.1 Å². The summed E-state index contributed by atoms with van der Waals surface area (Å²) in [5.41, 5.74) is 6.89. The van der Waals surface area contributed by atoms with Crippen molar-refractivity contribution in [2.45, 2.75) is 44.2 Å². The molecular formula is C16H22ClN3O. The summed E-state index contributed by atoms with van der Waals surface area (Å²) in [4.78, 5) is 6.65. The number of nitrogens with zero attached hydrogens (tertiary/aromatic N) is 2. The molecule has 0 saturated carbocycles. The van der Waals surface area contributed by atoms with E-state index >= 15 is 0 Å². The number of ether oxygens (including phenoxy) is 1. The number of hydrogen-bond donors (Lipinski definition) is 1. The third-order valence-corrected chi connectivity index (χ3v) is 5.12. The summed E-state index contributed by atoms with van der Waals surface area (Å²) in [5, 5.41) is 0.710. The van der Waals surface area contributed by atoms with Crippen molar-refractivity contribution in [1.82, 2.24) is 0 Å². The molecule has 1 fully saturated rings. The molecule has 0 aliphatic carbocycles. The highest BCUT2D eigenvalue weighted by atomic mass is 35.5. The maximum Gasteiger partial charge on any atom is 0.196 e. The zero-order valence-electron chi connectivity index (χ0n) is 12.6. The highest BCUT2D eigenvalue weighted by Crippen LogP contribution is 2.44. The van der Waals surface area contributed by atoms with Crippen LogP contribution < -0.4 is 10.6 Å². The molecule has 21 heavy (non-hydrogen) atoms. The van der Waals surface area contributed by atoms with Gasteiger partial charge in [-0.2, -0.15) is 0 Å². The van der Waals surface area contributed by atoms with Crippen LogP contribution >= 0.6 is 11.6 Å². The Balaban J connectivity index is 2.01. The van der Waals surface area contributed by atoms with Gasteiger partial charge in [0.2, 0.25) is 0 Å². The Kier molecular flexibility index (Phi) is 3.62. The molecule has 5 heteroatoms. The maximum absolute atomic E-state index is 6.39. The van der Waals surface area contributed by atoms with E-state index in [4.69, 9.17) is 22.1 Å². The van der Waals surface area contributed by atoms with Gasteiger partial charge in [-0.25, -0.2) is 0 Å². The monoisotopic (exact) mass is 307 g/mol. The summed E-state index contributed by atoms with van der Waals surface area (Å²) in [7, 11) is 0. The van der Waals surface area contributed by atoms with E-state index < -0.39 is 0 Å². The first-order chi connectivity index (χ1) is 10.00. The molecule has 1 aromatic rings. The lowest BCUT2D eigenvalue weighted by molar-refractivity contribution is -0.0902. The number of para-hydroxylation sites is 1. The Labute approximate surface area is 130 Å². The lowest BCUT2D eigenvalue weighted by Crippen LogP contribution is -2.59. The highest BCUT2D eigenvalue weighted by Gasteiger charge is 2.50. The minimum Gasteiger partial charge on any atom is -0.375 e. The molecule has 0 radical (unpaired) electrons. The molecule has 2 aliphatic rings. The summed E-state index contributed by atoms with van der Waals surface area (Å²) in [6.45, 7) is 5.78. The number of rotatable bonds is 2. The maximum atomic E-state index is 6.39. The predicted octanol–water partition coefficient (Wildman–Crippen LogP) is 3.19. The normalized spacial score (nSPS) is 32.5. The molecule has 3 rings (SSSR count). The van der Waals surface area contributed by atoms with Crippen molar-refractivity contribution in [3.63, 3.8) is 0 Å². The first-order valence-corrected chi connectivity index (χ1v) is 7.86. The van der Waals surface area contributed by atoms with Crippen molar-refractivity contribution in [3.8, 4) is 0 Å². The number of nitrogens with two attached hydrogens (primary N) is 1. The van der Waals surface area contributed by atoms with Gasteiger partial charge in [-0.3, -0.25) is 4.99 Å².